The van der Waals surface area contributed by atoms with E-state index in [-0.39, 0.29) is 17.6 Å². The Bertz CT molecular complexity index is 458. The van der Waals surface area contributed by atoms with Gasteiger partial charge in [-0.3, -0.25) is 4.79 Å². The van der Waals surface area contributed by atoms with Crippen molar-refractivity contribution in [2.45, 2.75) is 45.1 Å². The second kappa shape index (κ2) is 7.46. The van der Waals surface area contributed by atoms with E-state index in [0.29, 0.717) is 6.04 Å². The van der Waals surface area contributed by atoms with E-state index in [1.807, 2.05) is 12.1 Å². The number of rotatable bonds is 6. The molecule has 1 saturated carbocycles. The Balaban J connectivity index is 1.81. The number of carboxylic acid groups (broad SMARTS) is 1. The molecule has 4 heteroatoms. The SMILES string of the molecule is CC(Cc1ccc(O)cc1)NCC1CCCCC1C(=O)O. The number of aliphatic carboxylic acids is 1. The minimum atomic E-state index is -0.646. The van der Waals surface area contributed by atoms with E-state index >= 15 is 0 Å². The standard InChI is InChI=1S/C17H25NO3/c1-12(10-13-6-8-15(19)9-7-13)18-11-14-4-2-3-5-16(14)17(20)21/h6-9,12,14,16,18-19H,2-5,10-11H2,1H3,(H,20,21). The maximum absolute atomic E-state index is 11.3. The Labute approximate surface area is 126 Å². The van der Waals surface area contributed by atoms with Crippen LogP contribution in [0.4, 0.5) is 0 Å². The molecule has 116 valence electrons. The van der Waals surface area contributed by atoms with Gasteiger partial charge in [-0.1, -0.05) is 25.0 Å². The Morgan fingerprint density at radius 1 is 1.29 bits per heavy atom. The second-order valence-corrected chi connectivity index (χ2v) is 6.17. The third-order valence-corrected chi connectivity index (χ3v) is 4.43. The lowest BCUT2D eigenvalue weighted by atomic mass is 9.79. The fraction of sp³-hybridized carbons (Fsp3) is 0.588. The quantitative estimate of drug-likeness (QED) is 0.754. The van der Waals surface area contributed by atoms with Gasteiger partial charge in [-0.15, -0.1) is 0 Å². The number of hydrogen-bond donors (Lipinski definition) is 3. The van der Waals surface area contributed by atoms with Gasteiger partial charge in [0, 0.05) is 6.04 Å². The fourth-order valence-electron chi connectivity index (χ4n) is 3.19. The van der Waals surface area contributed by atoms with Crippen molar-refractivity contribution in [2.24, 2.45) is 11.8 Å². The Morgan fingerprint density at radius 3 is 2.62 bits per heavy atom. The highest BCUT2D eigenvalue weighted by Gasteiger charge is 2.30. The van der Waals surface area contributed by atoms with Crippen LogP contribution in [0.15, 0.2) is 24.3 Å². The molecule has 0 bridgehead atoms. The molecule has 3 atom stereocenters. The van der Waals surface area contributed by atoms with Crippen LogP contribution >= 0.6 is 0 Å². The molecule has 3 N–H and O–H groups in total. The summed E-state index contributed by atoms with van der Waals surface area (Å²) >= 11 is 0. The fourth-order valence-corrected chi connectivity index (χ4v) is 3.19. The molecule has 1 aromatic rings. The molecule has 1 aliphatic rings. The molecule has 1 fully saturated rings. The van der Waals surface area contributed by atoms with Crippen LogP contribution in [0.1, 0.15) is 38.2 Å². The zero-order valence-electron chi connectivity index (χ0n) is 12.6. The largest absolute Gasteiger partial charge is 0.508 e. The first kappa shape index (κ1) is 15.8. The summed E-state index contributed by atoms with van der Waals surface area (Å²) in [5, 5.41) is 22.0. The lowest BCUT2D eigenvalue weighted by Gasteiger charge is -2.29. The summed E-state index contributed by atoms with van der Waals surface area (Å²) in [6, 6.07) is 7.54. The van der Waals surface area contributed by atoms with Crippen LogP contribution in [0.25, 0.3) is 0 Å². The predicted molar refractivity (Wildman–Crippen MR) is 82.4 cm³/mol. The zero-order valence-corrected chi connectivity index (χ0v) is 12.6. The first-order chi connectivity index (χ1) is 10.1. The van der Waals surface area contributed by atoms with Gasteiger partial charge in [0.25, 0.3) is 0 Å². The van der Waals surface area contributed by atoms with Gasteiger partial charge in [-0.25, -0.2) is 0 Å². The molecular weight excluding hydrogens is 266 g/mol. The number of nitrogens with one attached hydrogen (secondary N) is 1. The lowest BCUT2D eigenvalue weighted by Crippen LogP contribution is -2.38. The van der Waals surface area contributed by atoms with E-state index in [2.05, 4.69) is 12.2 Å². The normalized spacial score (nSPS) is 23.7. The summed E-state index contributed by atoms with van der Waals surface area (Å²) < 4.78 is 0. The van der Waals surface area contributed by atoms with Crippen LogP contribution in [-0.4, -0.2) is 28.8 Å². The monoisotopic (exact) mass is 291 g/mol. The lowest BCUT2D eigenvalue weighted by molar-refractivity contribution is -0.144. The Morgan fingerprint density at radius 2 is 1.95 bits per heavy atom. The third-order valence-electron chi connectivity index (χ3n) is 4.43. The number of carboxylic acids is 1. The maximum atomic E-state index is 11.3. The minimum absolute atomic E-state index is 0.188. The van der Waals surface area contributed by atoms with Crippen molar-refractivity contribution in [3.63, 3.8) is 0 Å². The van der Waals surface area contributed by atoms with Crippen LogP contribution in [0, 0.1) is 11.8 Å². The molecule has 2 rings (SSSR count). The number of phenols is 1. The number of hydrogen-bond acceptors (Lipinski definition) is 3. The van der Waals surface area contributed by atoms with Gasteiger partial charge in [0.2, 0.25) is 0 Å². The first-order valence-electron chi connectivity index (χ1n) is 7.80. The Hall–Kier alpha value is -1.55. The summed E-state index contributed by atoms with van der Waals surface area (Å²) in [5.74, 6) is -0.302. The predicted octanol–water partition coefficient (Wildman–Crippen LogP) is 2.80. The number of aromatic hydroxyl groups is 1. The molecule has 0 radical (unpaired) electrons. The highest BCUT2D eigenvalue weighted by molar-refractivity contribution is 5.70. The molecule has 1 aromatic carbocycles. The summed E-state index contributed by atoms with van der Waals surface area (Å²) in [6.45, 7) is 2.89. The summed E-state index contributed by atoms with van der Waals surface area (Å²) in [6.07, 6.45) is 4.88. The molecule has 0 aromatic heterocycles. The van der Waals surface area contributed by atoms with Crippen LogP contribution < -0.4 is 5.32 Å². The van der Waals surface area contributed by atoms with E-state index < -0.39 is 5.97 Å². The van der Waals surface area contributed by atoms with E-state index in [1.165, 1.54) is 5.56 Å². The van der Waals surface area contributed by atoms with Gasteiger partial charge >= 0.3 is 5.97 Å². The molecule has 0 saturated heterocycles. The molecule has 0 aliphatic heterocycles. The number of phenolic OH excluding ortho intramolecular Hbond substituents is 1. The summed E-state index contributed by atoms with van der Waals surface area (Å²) in [5.41, 5.74) is 1.17. The average Bonchev–Trinajstić information content (AvgIpc) is 2.48. The molecule has 21 heavy (non-hydrogen) atoms. The van der Waals surface area contributed by atoms with Crippen molar-refractivity contribution >= 4 is 5.97 Å². The van der Waals surface area contributed by atoms with Gasteiger partial charge in [0.05, 0.1) is 5.92 Å². The number of benzene rings is 1. The van der Waals surface area contributed by atoms with Crippen LogP contribution in [0.2, 0.25) is 0 Å². The maximum Gasteiger partial charge on any atom is 0.306 e. The molecule has 4 nitrogen and oxygen atoms in total. The smallest absolute Gasteiger partial charge is 0.306 e. The second-order valence-electron chi connectivity index (χ2n) is 6.17. The minimum Gasteiger partial charge on any atom is -0.508 e. The highest BCUT2D eigenvalue weighted by atomic mass is 16.4. The molecule has 0 heterocycles. The zero-order chi connectivity index (χ0) is 15.2. The van der Waals surface area contributed by atoms with Gasteiger partial charge in [-0.05, 0) is 56.3 Å². The topological polar surface area (TPSA) is 69.6 Å². The van der Waals surface area contributed by atoms with E-state index in [4.69, 9.17) is 0 Å². The van der Waals surface area contributed by atoms with E-state index in [0.717, 1.165) is 38.6 Å². The van der Waals surface area contributed by atoms with Gasteiger partial charge in [-0.2, -0.15) is 0 Å². The van der Waals surface area contributed by atoms with Crippen molar-refractivity contribution in [3.8, 4) is 5.75 Å². The van der Waals surface area contributed by atoms with Gasteiger partial charge in [0.1, 0.15) is 5.75 Å². The summed E-state index contributed by atoms with van der Waals surface area (Å²) in [4.78, 5) is 11.3. The molecule has 3 unspecified atom stereocenters. The van der Waals surface area contributed by atoms with E-state index in [1.54, 1.807) is 12.1 Å². The summed E-state index contributed by atoms with van der Waals surface area (Å²) in [7, 11) is 0. The van der Waals surface area contributed by atoms with E-state index in [9.17, 15) is 15.0 Å². The molecular formula is C17H25NO3. The van der Waals surface area contributed by atoms with Gasteiger partial charge < -0.3 is 15.5 Å². The van der Waals surface area contributed by atoms with Crippen molar-refractivity contribution in [1.82, 2.24) is 5.32 Å². The van der Waals surface area contributed by atoms with Crippen molar-refractivity contribution < 1.29 is 15.0 Å². The number of carbonyl (C=O) groups is 1. The van der Waals surface area contributed by atoms with Crippen LogP contribution in [0.5, 0.6) is 5.75 Å². The van der Waals surface area contributed by atoms with Crippen molar-refractivity contribution in [3.05, 3.63) is 29.8 Å². The van der Waals surface area contributed by atoms with Crippen molar-refractivity contribution in [2.75, 3.05) is 6.54 Å². The van der Waals surface area contributed by atoms with Crippen LogP contribution in [0.3, 0.4) is 0 Å². The highest BCUT2D eigenvalue weighted by Crippen LogP contribution is 2.29. The first-order valence-corrected chi connectivity index (χ1v) is 7.80. The molecule has 0 spiro atoms. The van der Waals surface area contributed by atoms with Crippen molar-refractivity contribution in [1.29, 1.82) is 0 Å². The Kier molecular flexibility index (Phi) is 5.62. The van der Waals surface area contributed by atoms with Gasteiger partial charge in [0.15, 0.2) is 0 Å². The van der Waals surface area contributed by atoms with Crippen LogP contribution in [-0.2, 0) is 11.2 Å². The third kappa shape index (κ3) is 4.74. The average molecular weight is 291 g/mol. The molecule has 0 amide bonds. The molecule has 1 aliphatic carbocycles.